The van der Waals surface area contributed by atoms with Crippen molar-refractivity contribution >= 4 is 34.5 Å². The molecule has 0 aliphatic heterocycles. The molecule has 0 spiro atoms. The lowest BCUT2D eigenvalue weighted by Crippen LogP contribution is -2.13. The van der Waals surface area contributed by atoms with Crippen LogP contribution in [0.3, 0.4) is 0 Å². The fourth-order valence-corrected chi connectivity index (χ4v) is 2.58. The van der Waals surface area contributed by atoms with Gasteiger partial charge in [-0.15, -0.1) is 16.4 Å². The maximum Gasteiger partial charge on any atom is 0.0931 e. The van der Waals surface area contributed by atoms with Crippen LogP contribution in [-0.4, -0.2) is 9.59 Å². The summed E-state index contributed by atoms with van der Waals surface area (Å²) in [6.45, 7) is 0. The number of hydrogen-bond acceptors (Lipinski definition) is 5. The molecule has 0 saturated carbocycles. The summed E-state index contributed by atoms with van der Waals surface area (Å²) in [6.07, 6.45) is 0.759. The predicted molar refractivity (Wildman–Crippen MR) is 59.9 cm³/mol. The van der Waals surface area contributed by atoms with Crippen LogP contribution in [0.15, 0.2) is 16.8 Å². The van der Waals surface area contributed by atoms with E-state index in [9.17, 15) is 0 Å². The Hall–Kier alpha value is -0.490. The monoisotopic (exact) mass is 245 g/mol. The first kappa shape index (κ1) is 10.0. The van der Waals surface area contributed by atoms with Crippen molar-refractivity contribution in [1.82, 2.24) is 9.59 Å². The smallest absolute Gasteiger partial charge is 0.0931 e. The summed E-state index contributed by atoms with van der Waals surface area (Å²) in [5.41, 5.74) is 7.94. The number of aromatic nitrogens is 2. The van der Waals surface area contributed by atoms with Gasteiger partial charge in [-0.25, -0.2) is 0 Å². The van der Waals surface area contributed by atoms with Crippen LogP contribution in [0.4, 0.5) is 0 Å². The highest BCUT2D eigenvalue weighted by atomic mass is 35.5. The number of hydrogen-bond donors (Lipinski definition) is 1. The quantitative estimate of drug-likeness (QED) is 0.904. The molecule has 2 aromatic heterocycles. The lowest BCUT2D eigenvalue weighted by atomic mass is 10.1. The average Bonchev–Trinajstić information content (AvgIpc) is 2.75. The molecule has 2 N–H and O–H groups in total. The zero-order valence-electron chi connectivity index (χ0n) is 7.18. The molecule has 0 radical (unpaired) electrons. The normalized spacial score (nSPS) is 13.0. The average molecular weight is 246 g/mol. The molecule has 6 heteroatoms. The van der Waals surface area contributed by atoms with Crippen LogP contribution in [-0.2, 0) is 6.42 Å². The molecule has 0 fully saturated rings. The molecular weight excluding hydrogens is 238 g/mol. The largest absolute Gasteiger partial charge is 0.322 e. The Balaban J connectivity index is 2.05. The Bertz CT molecular complexity index is 398. The summed E-state index contributed by atoms with van der Waals surface area (Å²) in [5.74, 6) is 0. The predicted octanol–water partition coefficient (Wildman–Crippen LogP) is 2.50. The van der Waals surface area contributed by atoms with Gasteiger partial charge in [0.1, 0.15) is 0 Å². The van der Waals surface area contributed by atoms with E-state index in [-0.39, 0.29) is 6.04 Å². The van der Waals surface area contributed by atoms with Gasteiger partial charge < -0.3 is 5.73 Å². The molecule has 3 nitrogen and oxygen atoms in total. The minimum atomic E-state index is -0.0839. The Labute approximate surface area is 94.7 Å². The maximum atomic E-state index is 5.95. The minimum Gasteiger partial charge on any atom is -0.322 e. The fourth-order valence-electron chi connectivity index (χ4n) is 1.14. The number of halogens is 1. The standard InChI is InChI=1S/C8H8ClN3S2/c9-8-2-5(3-13-8)1-6(10)7-4-14-12-11-7/h2-4,6H,1,10H2. The second kappa shape index (κ2) is 4.35. The van der Waals surface area contributed by atoms with Crippen LogP contribution in [0, 0.1) is 0 Å². The second-order valence-electron chi connectivity index (χ2n) is 2.90. The molecule has 0 saturated heterocycles. The molecule has 14 heavy (non-hydrogen) atoms. The summed E-state index contributed by atoms with van der Waals surface area (Å²) < 4.78 is 4.57. The van der Waals surface area contributed by atoms with Crippen molar-refractivity contribution in [3.05, 3.63) is 32.4 Å². The van der Waals surface area contributed by atoms with Crippen molar-refractivity contribution in [2.45, 2.75) is 12.5 Å². The van der Waals surface area contributed by atoms with Gasteiger partial charge in [-0.2, -0.15) is 0 Å². The molecule has 1 atom stereocenters. The van der Waals surface area contributed by atoms with Crippen molar-refractivity contribution in [2.75, 3.05) is 0 Å². The summed E-state index contributed by atoms with van der Waals surface area (Å²) >= 11 is 8.66. The van der Waals surface area contributed by atoms with Gasteiger partial charge in [-0.05, 0) is 35.0 Å². The summed E-state index contributed by atoms with van der Waals surface area (Å²) in [4.78, 5) is 0. The molecule has 2 rings (SSSR count). The Morgan fingerprint density at radius 3 is 2.93 bits per heavy atom. The van der Waals surface area contributed by atoms with Crippen LogP contribution in [0.1, 0.15) is 17.3 Å². The van der Waals surface area contributed by atoms with E-state index < -0.39 is 0 Å². The van der Waals surface area contributed by atoms with Gasteiger partial charge in [0.15, 0.2) is 0 Å². The van der Waals surface area contributed by atoms with Crippen LogP contribution >= 0.6 is 34.5 Å². The van der Waals surface area contributed by atoms with E-state index in [2.05, 4.69) is 9.59 Å². The number of nitrogens with zero attached hydrogens (tertiary/aromatic N) is 2. The first-order valence-corrected chi connectivity index (χ1v) is 6.10. The molecule has 1 unspecified atom stereocenters. The molecular formula is C8H8ClN3S2. The van der Waals surface area contributed by atoms with Gasteiger partial charge in [0.05, 0.1) is 16.1 Å². The van der Waals surface area contributed by atoms with E-state index in [4.69, 9.17) is 17.3 Å². The molecule has 0 amide bonds. The van der Waals surface area contributed by atoms with Gasteiger partial charge in [0.25, 0.3) is 0 Å². The van der Waals surface area contributed by atoms with Crippen molar-refractivity contribution in [3.63, 3.8) is 0 Å². The first-order chi connectivity index (χ1) is 6.75. The molecule has 2 aromatic rings. The highest BCUT2D eigenvalue weighted by Crippen LogP contribution is 2.23. The van der Waals surface area contributed by atoms with E-state index in [1.54, 1.807) is 0 Å². The van der Waals surface area contributed by atoms with Crippen molar-refractivity contribution in [1.29, 1.82) is 0 Å². The minimum absolute atomic E-state index is 0.0839. The van der Waals surface area contributed by atoms with Crippen LogP contribution in [0.5, 0.6) is 0 Å². The number of rotatable bonds is 3. The zero-order valence-corrected chi connectivity index (χ0v) is 9.57. The summed E-state index contributed by atoms with van der Waals surface area (Å²) in [5, 5.41) is 7.82. The number of thiophene rings is 1. The van der Waals surface area contributed by atoms with Crippen molar-refractivity contribution < 1.29 is 0 Å². The van der Waals surface area contributed by atoms with E-state index in [0.717, 1.165) is 22.0 Å². The Morgan fingerprint density at radius 1 is 1.50 bits per heavy atom. The first-order valence-electron chi connectivity index (χ1n) is 4.01. The van der Waals surface area contributed by atoms with Crippen molar-refractivity contribution in [3.8, 4) is 0 Å². The molecule has 2 heterocycles. The van der Waals surface area contributed by atoms with Gasteiger partial charge in [0, 0.05) is 5.38 Å². The van der Waals surface area contributed by atoms with Crippen LogP contribution in [0.2, 0.25) is 4.34 Å². The number of nitrogens with two attached hydrogens (primary N) is 1. The van der Waals surface area contributed by atoms with Crippen LogP contribution in [0.25, 0.3) is 0 Å². The third kappa shape index (κ3) is 2.30. The van der Waals surface area contributed by atoms with Gasteiger partial charge in [-0.3, -0.25) is 0 Å². The topological polar surface area (TPSA) is 51.8 Å². The molecule has 0 aliphatic carbocycles. The summed E-state index contributed by atoms with van der Waals surface area (Å²) in [7, 11) is 0. The lowest BCUT2D eigenvalue weighted by Gasteiger charge is -2.05. The highest BCUT2D eigenvalue weighted by molar-refractivity contribution is 7.14. The third-order valence-electron chi connectivity index (χ3n) is 1.83. The van der Waals surface area contributed by atoms with Crippen molar-refractivity contribution in [2.24, 2.45) is 5.73 Å². The molecule has 0 aromatic carbocycles. The molecule has 0 bridgehead atoms. The van der Waals surface area contributed by atoms with Gasteiger partial charge in [-0.1, -0.05) is 16.1 Å². The summed E-state index contributed by atoms with van der Waals surface area (Å²) in [6, 6.07) is 1.85. The van der Waals surface area contributed by atoms with E-state index in [1.807, 2.05) is 16.8 Å². The van der Waals surface area contributed by atoms with E-state index in [1.165, 1.54) is 22.9 Å². The molecule has 74 valence electrons. The maximum absolute atomic E-state index is 5.95. The SMILES string of the molecule is NC(Cc1csc(Cl)c1)c1csnn1. The van der Waals surface area contributed by atoms with E-state index >= 15 is 0 Å². The van der Waals surface area contributed by atoms with Crippen LogP contribution < -0.4 is 5.73 Å². The van der Waals surface area contributed by atoms with E-state index in [0.29, 0.717) is 0 Å². The van der Waals surface area contributed by atoms with Gasteiger partial charge >= 0.3 is 0 Å². The fraction of sp³-hybridized carbons (Fsp3) is 0.250. The zero-order chi connectivity index (χ0) is 9.97. The van der Waals surface area contributed by atoms with Gasteiger partial charge in [0.2, 0.25) is 0 Å². The Kier molecular flexibility index (Phi) is 3.12. The lowest BCUT2D eigenvalue weighted by molar-refractivity contribution is 0.694. The Morgan fingerprint density at radius 2 is 2.36 bits per heavy atom. The third-order valence-corrected chi connectivity index (χ3v) is 3.50. The molecule has 0 aliphatic rings. The highest BCUT2D eigenvalue weighted by Gasteiger charge is 2.10. The second-order valence-corrected chi connectivity index (χ2v) is 5.05.